The molecule has 0 bridgehead atoms. The molecule has 0 amide bonds. The molecule has 0 aliphatic carbocycles. The summed E-state index contributed by atoms with van der Waals surface area (Å²) in [5.74, 6) is 11.9. The summed E-state index contributed by atoms with van der Waals surface area (Å²) < 4.78 is 0. The van der Waals surface area contributed by atoms with E-state index in [1.807, 2.05) is 54.6 Å². The van der Waals surface area contributed by atoms with Crippen LogP contribution in [0, 0.1) is 23.7 Å². The Bertz CT molecular complexity index is 689. The largest absolute Gasteiger partial charge is 0.398 e. The van der Waals surface area contributed by atoms with Gasteiger partial charge in [0.2, 0.25) is 0 Å². The molecule has 2 aromatic rings. The fourth-order valence-electron chi connectivity index (χ4n) is 1.46. The first kappa shape index (κ1) is 12.6. The number of hydrogen-bond donors (Lipinski definition) is 1. The van der Waals surface area contributed by atoms with Crippen LogP contribution in [0.2, 0.25) is 0 Å². The highest BCUT2D eigenvalue weighted by molar-refractivity contribution is 5.56. The zero-order valence-electron chi connectivity index (χ0n) is 10.4. The third-order valence-corrected chi connectivity index (χ3v) is 2.41. The van der Waals surface area contributed by atoms with Gasteiger partial charge in [-0.3, -0.25) is 0 Å². The molecule has 19 heavy (non-hydrogen) atoms. The van der Waals surface area contributed by atoms with Crippen molar-refractivity contribution in [3.63, 3.8) is 0 Å². The van der Waals surface area contributed by atoms with Crippen molar-refractivity contribution in [3.05, 3.63) is 77.9 Å². The van der Waals surface area contributed by atoms with Gasteiger partial charge >= 0.3 is 0 Å². The zero-order valence-corrected chi connectivity index (χ0v) is 10.4. The lowest BCUT2D eigenvalue weighted by Crippen LogP contribution is -1.87. The maximum absolute atomic E-state index is 5.78. The van der Waals surface area contributed by atoms with Crippen molar-refractivity contribution < 1.29 is 0 Å². The second-order valence-electron chi connectivity index (χ2n) is 3.83. The summed E-state index contributed by atoms with van der Waals surface area (Å²) in [5.41, 5.74) is 8.31. The number of hydrogen-bond acceptors (Lipinski definition) is 1. The van der Waals surface area contributed by atoms with Crippen LogP contribution in [-0.4, -0.2) is 0 Å². The number of para-hydroxylation sites is 1. The molecular weight excluding hydrogens is 230 g/mol. The van der Waals surface area contributed by atoms with E-state index in [1.165, 1.54) is 0 Å². The van der Waals surface area contributed by atoms with Gasteiger partial charge in [-0.05, 0) is 36.4 Å². The fourth-order valence-corrected chi connectivity index (χ4v) is 1.46. The molecule has 1 nitrogen and oxygen atoms in total. The third kappa shape index (κ3) is 4.11. The molecule has 0 saturated carbocycles. The highest BCUT2D eigenvalue weighted by atomic mass is 14.5. The Balaban J connectivity index is 1.99. The van der Waals surface area contributed by atoms with E-state index in [9.17, 15) is 0 Å². The van der Waals surface area contributed by atoms with Gasteiger partial charge in [-0.25, -0.2) is 0 Å². The van der Waals surface area contributed by atoms with E-state index in [2.05, 4.69) is 23.7 Å². The average Bonchev–Trinajstić information content (AvgIpc) is 2.45. The smallest absolute Gasteiger partial charge is 0.0478 e. The molecule has 0 unspecified atom stereocenters. The lowest BCUT2D eigenvalue weighted by atomic mass is 10.2. The van der Waals surface area contributed by atoms with Crippen LogP contribution < -0.4 is 5.73 Å². The zero-order chi connectivity index (χ0) is 13.3. The van der Waals surface area contributed by atoms with Gasteiger partial charge in [0.05, 0.1) is 0 Å². The SMILES string of the molecule is Nc1ccccc1C#C/C=C\C#Cc1ccccc1. The van der Waals surface area contributed by atoms with Crippen molar-refractivity contribution in [2.24, 2.45) is 0 Å². The Morgan fingerprint density at radius 1 is 0.737 bits per heavy atom. The number of nitrogens with two attached hydrogens (primary N) is 1. The standard InChI is InChI=1S/C18H13N/c19-18-15-9-8-14-17(18)13-7-2-1-4-10-16-11-5-3-6-12-16/h1-3,5-6,8-9,11-12,14-15H,19H2/b2-1-. The Kier molecular flexibility index (Phi) is 4.46. The Labute approximate surface area is 113 Å². The van der Waals surface area contributed by atoms with Crippen LogP contribution in [0.25, 0.3) is 0 Å². The van der Waals surface area contributed by atoms with E-state index in [1.54, 1.807) is 12.2 Å². The van der Waals surface area contributed by atoms with E-state index in [0.29, 0.717) is 5.69 Å². The summed E-state index contributed by atoms with van der Waals surface area (Å²) in [4.78, 5) is 0. The highest BCUT2D eigenvalue weighted by Gasteiger charge is 1.89. The topological polar surface area (TPSA) is 26.0 Å². The highest BCUT2D eigenvalue weighted by Crippen LogP contribution is 2.07. The molecule has 0 aliphatic heterocycles. The van der Waals surface area contributed by atoms with Gasteiger partial charge in [0.1, 0.15) is 0 Å². The van der Waals surface area contributed by atoms with E-state index >= 15 is 0 Å². The normalized spacial score (nSPS) is 9.26. The van der Waals surface area contributed by atoms with Crippen LogP contribution in [0.3, 0.4) is 0 Å². The van der Waals surface area contributed by atoms with Gasteiger partial charge in [0.25, 0.3) is 0 Å². The molecule has 0 spiro atoms. The van der Waals surface area contributed by atoms with Crippen molar-refractivity contribution >= 4 is 5.69 Å². The monoisotopic (exact) mass is 243 g/mol. The van der Waals surface area contributed by atoms with Crippen molar-refractivity contribution in [2.45, 2.75) is 0 Å². The minimum atomic E-state index is 0.693. The molecule has 0 aliphatic rings. The minimum Gasteiger partial charge on any atom is -0.398 e. The summed E-state index contributed by atoms with van der Waals surface area (Å²) in [6.45, 7) is 0. The number of nitrogen functional groups attached to an aromatic ring is 1. The van der Waals surface area contributed by atoms with Gasteiger partial charge < -0.3 is 5.73 Å². The maximum Gasteiger partial charge on any atom is 0.0478 e. The fraction of sp³-hybridized carbons (Fsp3) is 0. The van der Waals surface area contributed by atoms with E-state index in [4.69, 9.17) is 5.73 Å². The Morgan fingerprint density at radius 2 is 1.37 bits per heavy atom. The first-order chi connectivity index (χ1) is 9.36. The predicted molar refractivity (Wildman–Crippen MR) is 80.2 cm³/mol. The molecule has 0 radical (unpaired) electrons. The lowest BCUT2D eigenvalue weighted by Gasteiger charge is -1.93. The summed E-state index contributed by atoms with van der Waals surface area (Å²) in [7, 11) is 0. The third-order valence-electron chi connectivity index (χ3n) is 2.41. The van der Waals surface area contributed by atoms with Gasteiger partial charge in [0.15, 0.2) is 0 Å². The molecule has 0 aromatic heterocycles. The number of rotatable bonds is 0. The van der Waals surface area contributed by atoms with Crippen molar-refractivity contribution in [2.75, 3.05) is 5.73 Å². The summed E-state index contributed by atoms with van der Waals surface area (Å²) in [6, 6.07) is 17.4. The second-order valence-corrected chi connectivity index (χ2v) is 3.83. The minimum absolute atomic E-state index is 0.693. The molecule has 0 saturated heterocycles. The lowest BCUT2D eigenvalue weighted by molar-refractivity contribution is 1.63. The summed E-state index contributed by atoms with van der Waals surface area (Å²) >= 11 is 0. The van der Waals surface area contributed by atoms with Gasteiger partial charge in [-0.2, -0.15) is 0 Å². The first-order valence-electron chi connectivity index (χ1n) is 5.94. The Morgan fingerprint density at radius 3 is 2.11 bits per heavy atom. The Hall–Kier alpha value is -2.90. The van der Waals surface area contributed by atoms with Gasteiger partial charge in [-0.15, -0.1) is 0 Å². The molecular formula is C18H13N. The van der Waals surface area contributed by atoms with E-state index in [-0.39, 0.29) is 0 Å². The number of allylic oxidation sites excluding steroid dienone is 2. The molecule has 0 fully saturated rings. The van der Waals surface area contributed by atoms with Crippen LogP contribution in [0.4, 0.5) is 5.69 Å². The van der Waals surface area contributed by atoms with Crippen LogP contribution in [0.1, 0.15) is 11.1 Å². The van der Waals surface area contributed by atoms with Crippen molar-refractivity contribution in [1.82, 2.24) is 0 Å². The van der Waals surface area contributed by atoms with Crippen LogP contribution >= 0.6 is 0 Å². The van der Waals surface area contributed by atoms with E-state index < -0.39 is 0 Å². The second kappa shape index (κ2) is 6.74. The first-order valence-corrected chi connectivity index (χ1v) is 5.94. The number of benzene rings is 2. The van der Waals surface area contributed by atoms with Crippen LogP contribution in [0.5, 0.6) is 0 Å². The van der Waals surface area contributed by atoms with E-state index in [0.717, 1.165) is 11.1 Å². The maximum atomic E-state index is 5.78. The molecule has 90 valence electrons. The molecule has 0 heterocycles. The van der Waals surface area contributed by atoms with Crippen LogP contribution in [-0.2, 0) is 0 Å². The quantitative estimate of drug-likeness (QED) is 0.558. The van der Waals surface area contributed by atoms with Crippen molar-refractivity contribution in [1.29, 1.82) is 0 Å². The average molecular weight is 243 g/mol. The predicted octanol–water partition coefficient (Wildman–Crippen LogP) is 3.23. The van der Waals surface area contributed by atoms with Crippen LogP contribution in [0.15, 0.2) is 66.7 Å². The number of anilines is 1. The van der Waals surface area contributed by atoms with Gasteiger partial charge in [0, 0.05) is 16.8 Å². The molecule has 1 heteroatoms. The molecule has 2 aromatic carbocycles. The molecule has 0 atom stereocenters. The summed E-state index contributed by atoms with van der Waals surface area (Å²) in [6.07, 6.45) is 3.46. The molecule has 2 rings (SSSR count). The summed E-state index contributed by atoms with van der Waals surface area (Å²) in [5, 5.41) is 0. The van der Waals surface area contributed by atoms with Gasteiger partial charge in [-0.1, -0.05) is 54.0 Å². The van der Waals surface area contributed by atoms with Crippen molar-refractivity contribution in [3.8, 4) is 23.7 Å². The molecule has 2 N–H and O–H groups in total.